The van der Waals surface area contributed by atoms with Crippen molar-refractivity contribution in [3.63, 3.8) is 0 Å². The summed E-state index contributed by atoms with van der Waals surface area (Å²) in [7, 11) is 0. The smallest absolute Gasteiger partial charge is 0.367 e. The molecule has 0 bridgehead atoms. The van der Waals surface area contributed by atoms with Crippen LogP contribution in [0, 0.1) is 11.8 Å². The van der Waals surface area contributed by atoms with Crippen molar-refractivity contribution in [2.45, 2.75) is 50.7 Å². The summed E-state index contributed by atoms with van der Waals surface area (Å²) < 4.78 is 39.8. The highest BCUT2D eigenvalue weighted by molar-refractivity contribution is 6.17. The number of aromatic nitrogens is 2. The quantitative estimate of drug-likeness (QED) is 0.611. The fourth-order valence-electron chi connectivity index (χ4n) is 3.39. The van der Waals surface area contributed by atoms with Gasteiger partial charge in [-0.15, -0.1) is 0 Å². The predicted octanol–water partition coefficient (Wildman–Crippen LogP) is 4.49. The lowest BCUT2D eigenvalue weighted by molar-refractivity contribution is -0.137. The maximum atomic E-state index is 13.3. The first kappa shape index (κ1) is 20.7. The van der Waals surface area contributed by atoms with E-state index in [0.717, 1.165) is 44.7 Å². The molecule has 2 aromatic rings. The minimum Gasteiger partial charge on any atom is -0.367 e. The summed E-state index contributed by atoms with van der Waals surface area (Å²) in [4.78, 5) is 34.4. The second kappa shape index (κ2) is 7.75. The van der Waals surface area contributed by atoms with E-state index in [1.54, 1.807) is 24.3 Å². The number of hydrogen-bond acceptors (Lipinski definition) is 6. The maximum absolute atomic E-state index is 13.3. The number of rotatable bonds is 7. The molecule has 3 aliphatic rings. The molecule has 0 spiro atoms. The lowest BCUT2D eigenvalue weighted by Crippen LogP contribution is -2.39. The molecule has 2 amide bonds. The number of carbonyl (C=O) groups is 2. The van der Waals surface area contributed by atoms with E-state index in [4.69, 9.17) is 0 Å². The molecule has 5 rings (SSSR count). The number of hydrogen-bond donors (Lipinski definition) is 2. The van der Waals surface area contributed by atoms with Crippen molar-refractivity contribution in [1.82, 2.24) is 9.97 Å². The molecule has 0 radical (unpaired) electrons. The first-order valence-corrected chi connectivity index (χ1v) is 10.8. The van der Waals surface area contributed by atoms with Gasteiger partial charge in [-0.1, -0.05) is 0 Å². The Bertz CT molecular complexity index is 1020. The Labute approximate surface area is 182 Å². The zero-order chi connectivity index (χ0) is 22.5. The van der Waals surface area contributed by atoms with Gasteiger partial charge in [0.2, 0.25) is 17.8 Å². The highest BCUT2D eigenvalue weighted by Gasteiger charge is 2.42. The number of amides is 2. The number of alkyl halides is 3. The molecular formula is C22H22F3N5O2. The summed E-state index contributed by atoms with van der Waals surface area (Å²) in [6, 6.07) is 6.60. The standard InChI is InChI=1S/C22H22F3N5O2/c23-22(24,25)17-11-26-21(29-18(17)27-14-5-6-14)28-15-7-9-16(10-8-15)30(19(31)12-1-2-12)20(32)13-3-4-13/h7-14H,1-6H2,(H2,26,27,28,29). The average molecular weight is 445 g/mol. The summed E-state index contributed by atoms with van der Waals surface area (Å²) in [5, 5.41) is 5.70. The Morgan fingerprint density at radius 3 is 2.03 bits per heavy atom. The van der Waals surface area contributed by atoms with Crippen LogP contribution in [-0.4, -0.2) is 27.8 Å². The molecule has 2 N–H and O–H groups in total. The Morgan fingerprint density at radius 1 is 0.938 bits per heavy atom. The van der Waals surface area contributed by atoms with Crippen LogP contribution in [0.25, 0.3) is 0 Å². The van der Waals surface area contributed by atoms with Crippen LogP contribution in [0.5, 0.6) is 0 Å². The molecule has 1 heterocycles. The SMILES string of the molecule is O=C(C1CC1)N(C(=O)C1CC1)c1ccc(Nc2ncc(C(F)(F)F)c(NC3CC3)n2)cc1. The third-order valence-corrected chi connectivity index (χ3v) is 5.69. The minimum absolute atomic E-state index is 0.00266. The summed E-state index contributed by atoms with van der Waals surface area (Å²) in [6.45, 7) is 0. The number of anilines is 4. The minimum atomic E-state index is -4.55. The Balaban J connectivity index is 1.35. The van der Waals surface area contributed by atoms with Crippen molar-refractivity contribution in [1.29, 1.82) is 0 Å². The van der Waals surface area contributed by atoms with Crippen LogP contribution < -0.4 is 15.5 Å². The van der Waals surface area contributed by atoms with Gasteiger partial charge in [0.05, 0.1) is 5.69 Å². The molecule has 0 saturated heterocycles. The average Bonchev–Trinajstić information content (AvgIpc) is 3.61. The molecule has 0 unspecified atom stereocenters. The monoisotopic (exact) mass is 445 g/mol. The topological polar surface area (TPSA) is 87.2 Å². The summed E-state index contributed by atoms with van der Waals surface area (Å²) >= 11 is 0. The van der Waals surface area contributed by atoms with Crippen LogP contribution >= 0.6 is 0 Å². The van der Waals surface area contributed by atoms with E-state index in [0.29, 0.717) is 11.4 Å². The van der Waals surface area contributed by atoms with Crippen LogP contribution in [0.15, 0.2) is 30.5 Å². The number of imide groups is 1. The highest BCUT2D eigenvalue weighted by Crippen LogP contribution is 2.38. The molecule has 3 aliphatic carbocycles. The van der Waals surface area contributed by atoms with Gasteiger partial charge in [-0.05, 0) is 62.8 Å². The number of nitrogens with one attached hydrogen (secondary N) is 2. The number of carbonyl (C=O) groups excluding carboxylic acids is 2. The maximum Gasteiger partial charge on any atom is 0.421 e. The number of benzene rings is 1. The molecular weight excluding hydrogens is 423 g/mol. The molecule has 0 atom stereocenters. The molecule has 1 aromatic carbocycles. The number of halogens is 3. The fourth-order valence-corrected chi connectivity index (χ4v) is 3.39. The van der Waals surface area contributed by atoms with Gasteiger partial charge < -0.3 is 10.6 Å². The highest BCUT2D eigenvalue weighted by atomic mass is 19.4. The van der Waals surface area contributed by atoms with Gasteiger partial charge in [-0.25, -0.2) is 4.98 Å². The molecule has 3 fully saturated rings. The van der Waals surface area contributed by atoms with Gasteiger partial charge >= 0.3 is 6.18 Å². The predicted molar refractivity (Wildman–Crippen MR) is 111 cm³/mol. The van der Waals surface area contributed by atoms with E-state index in [1.807, 2.05) is 0 Å². The lowest BCUT2D eigenvalue weighted by atomic mass is 10.2. The van der Waals surface area contributed by atoms with Crippen molar-refractivity contribution < 1.29 is 22.8 Å². The molecule has 168 valence electrons. The number of nitrogens with zero attached hydrogens (tertiary/aromatic N) is 3. The fraction of sp³-hybridized carbons (Fsp3) is 0.455. The molecule has 32 heavy (non-hydrogen) atoms. The van der Waals surface area contributed by atoms with Gasteiger partial charge in [-0.3, -0.25) is 14.5 Å². The van der Waals surface area contributed by atoms with Crippen LogP contribution in [0.2, 0.25) is 0 Å². The van der Waals surface area contributed by atoms with E-state index in [9.17, 15) is 22.8 Å². The first-order valence-electron chi connectivity index (χ1n) is 10.8. The zero-order valence-electron chi connectivity index (χ0n) is 17.2. The molecule has 0 aliphatic heterocycles. The van der Waals surface area contributed by atoms with E-state index in [-0.39, 0.29) is 41.5 Å². The van der Waals surface area contributed by atoms with Gasteiger partial charge in [0.1, 0.15) is 11.4 Å². The largest absolute Gasteiger partial charge is 0.421 e. The van der Waals surface area contributed by atoms with E-state index in [2.05, 4.69) is 20.6 Å². The summed E-state index contributed by atoms with van der Waals surface area (Å²) in [5.74, 6) is -0.727. The van der Waals surface area contributed by atoms with Crippen molar-refractivity contribution in [3.8, 4) is 0 Å². The van der Waals surface area contributed by atoms with E-state index >= 15 is 0 Å². The molecule has 7 nitrogen and oxygen atoms in total. The first-order chi connectivity index (χ1) is 15.3. The van der Waals surface area contributed by atoms with Gasteiger partial charge in [0.15, 0.2) is 0 Å². The van der Waals surface area contributed by atoms with Crippen LogP contribution in [0.1, 0.15) is 44.1 Å². The van der Waals surface area contributed by atoms with Crippen molar-refractivity contribution in [2.24, 2.45) is 11.8 Å². The third-order valence-electron chi connectivity index (χ3n) is 5.69. The lowest BCUT2D eigenvalue weighted by Gasteiger charge is -2.21. The molecule has 3 saturated carbocycles. The Kier molecular flexibility index (Phi) is 5.02. The van der Waals surface area contributed by atoms with E-state index < -0.39 is 11.7 Å². The van der Waals surface area contributed by atoms with Crippen LogP contribution in [0.3, 0.4) is 0 Å². The third kappa shape index (κ3) is 4.53. The molecule has 10 heteroatoms. The Morgan fingerprint density at radius 2 is 1.53 bits per heavy atom. The van der Waals surface area contributed by atoms with Gasteiger partial charge in [-0.2, -0.15) is 18.2 Å². The molecule has 1 aromatic heterocycles. The summed E-state index contributed by atoms with van der Waals surface area (Å²) in [6.07, 6.45) is 1.03. The second-order valence-corrected chi connectivity index (χ2v) is 8.60. The van der Waals surface area contributed by atoms with Crippen LogP contribution in [0.4, 0.5) is 36.3 Å². The zero-order valence-corrected chi connectivity index (χ0v) is 17.2. The van der Waals surface area contributed by atoms with Crippen molar-refractivity contribution >= 4 is 35.0 Å². The van der Waals surface area contributed by atoms with Crippen LogP contribution in [-0.2, 0) is 15.8 Å². The van der Waals surface area contributed by atoms with Crippen molar-refractivity contribution in [2.75, 3.05) is 15.5 Å². The Hall–Kier alpha value is -3.17. The van der Waals surface area contributed by atoms with E-state index in [1.165, 1.54) is 4.90 Å². The normalized spacial score (nSPS) is 18.2. The van der Waals surface area contributed by atoms with Gasteiger partial charge in [0, 0.05) is 29.8 Å². The summed E-state index contributed by atoms with van der Waals surface area (Å²) in [5.41, 5.74) is 0.121. The van der Waals surface area contributed by atoms with Crippen molar-refractivity contribution in [3.05, 3.63) is 36.0 Å². The van der Waals surface area contributed by atoms with Gasteiger partial charge in [0.25, 0.3) is 0 Å². The second-order valence-electron chi connectivity index (χ2n) is 8.60.